The van der Waals surface area contributed by atoms with E-state index in [2.05, 4.69) is 4.98 Å². The molecule has 0 aliphatic carbocycles. The summed E-state index contributed by atoms with van der Waals surface area (Å²) < 4.78 is 35.2. The fourth-order valence-corrected chi connectivity index (χ4v) is 4.10. The molecule has 0 saturated heterocycles. The maximum atomic E-state index is 14.0. The van der Waals surface area contributed by atoms with Crippen molar-refractivity contribution in [2.24, 2.45) is 0 Å². The SMILES string of the molecule is Cc1nc2c(OCc3c(F)cccc3F)cccn2c1C(=O)CCc1ccccc1[C@@H](O)[C@H](C)O. The summed E-state index contributed by atoms with van der Waals surface area (Å²) in [6.07, 6.45) is 0.226. The first kappa shape index (κ1) is 24.5. The number of carbonyl (C=O) groups excluding carboxylic acids is 1. The largest absolute Gasteiger partial charge is 0.485 e. The molecule has 0 amide bonds. The van der Waals surface area contributed by atoms with Gasteiger partial charge in [0.25, 0.3) is 0 Å². The second-order valence-electron chi connectivity index (χ2n) is 8.41. The van der Waals surface area contributed by atoms with Crippen LogP contribution in [-0.4, -0.2) is 31.5 Å². The van der Waals surface area contributed by atoms with Crippen LogP contribution >= 0.6 is 0 Å². The van der Waals surface area contributed by atoms with Gasteiger partial charge < -0.3 is 14.9 Å². The average Bonchev–Trinajstić information content (AvgIpc) is 3.18. The van der Waals surface area contributed by atoms with Crippen LogP contribution in [0.25, 0.3) is 5.65 Å². The number of halogens is 2. The summed E-state index contributed by atoms with van der Waals surface area (Å²) in [6.45, 7) is 2.90. The quantitative estimate of drug-likeness (QED) is 0.339. The van der Waals surface area contributed by atoms with Crippen LogP contribution in [0.4, 0.5) is 8.78 Å². The third-order valence-electron chi connectivity index (χ3n) is 5.94. The molecule has 2 N–H and O–H groups in total. The number of aliphatic hydroxyl groups is 2. The summed E-state index contributed by atoms with van der Waals surface area (Å²) in [4.78, 5) is 17.7. The Bertz CT molecular complexity index is 1350. The van der Waals surface area contributed by atoms with Crippen LogP contribution in [0, 0.1) is 18.6 Å². The van der Waals surface area contributed by atoms with Gasteiger partial charge in [-0.25, -0.2) is 13.8 Å². The van der Waals surface area contributed by atoms with Gasteiger partial charge in [0.1, 0.15) is 30.0 Å². The molecule has 6 nitrogen and oxygen atoms in total. The number of nitrogens with zero attached hydrogens (tertiary/aromatic N) is 2. The average molecular weight is 481 g/mol. The minimum absolute atomic E-state index is 0.156. The first-order chi connectivity index (χ1) is 16.8. The van der Waals surface area contributed by atoms with Crippen molar-refractivity contribution in [3.05, 3.63) is 101 Å². The highest BCUT2D eigenvalue weighted by molar-refractivity contribution is 5.96. The molecule has 2 aromatic heterocycles. The van der Waals surface area contributed by atoms with Gasteiger partial charge in [-0.3, -0.25) is 9.20 Å². The molecule has 0 bridgehead atoms. The van der Waals surface area contributed by atoms with Crippen molar-refractivity contribution in [3.63, 3.8) is 0 Å². The summed E-state index contributed by atoms with van der Waals surface area (Å²) in [6, 6.07) is 14.1. The monoisotopic (exact) mass is 480 g/mol. The number of imidazole rings is 1. The zero-order chi connectivity index (χ0) is 25.1. The van der Waals surface area contributed by atoms with Gasteiger partial charge in [-0.1, -0.05) is 30.3 Å². The Balaban J connectivity index is 1.56. The number of aromatic nitrogens is 2. The van der Waals surface area contributed by atoms with Gasteiger partial charge >= 0.3 is 0 Å². The number of carbonyl (C=O) groups is 1. The second kappa shape index (κ2) is 10.3. The molecule has 35 heavy (non-hydrogen) atoms. The Labute approximate surface area is 201 Å². The van der Waals surface area contributed by atoms with Gasteiger partial charge in [0.2, 0.25) is 0 Å². The first-order valence-corrected chi connectivity index (χ1v) is 11.3. The number of pyridine rings is 1. The number of Topliss-reactive ketones (excluding diaryl/α,β-unsaturated/α-hetero) is 1. The summed E-state index contributed by atoms with van der Waals surface area (Å²) in [5, 5.41) is 20.1. The number of hydrogen-bond donors (Lipinski definition) is 2. The standard InChI is InChI=1S/C27H26F2N2O4/c1-16-25(23(33)13-12-18-7-3-4-8-19(18)26(34)17(2)32)31-14-6-11-24(27(31)30-16)35-15-20-21(28)9-5-10-22(20)29/h3-11,14,17,26,32,34H,12-13,15H2,1-2H3/t17-,26-/m0/s1. The highest BCUT2D eigenvalue weighted by atomic mass is 19.1. The fourth-order valence-electron chi connectivity index (χ4n) is 4.10. The lowest BCUT2D eigenvalue weighted by molar-refractivity contribution is 0.0300. The molecule has 0 spiro atoms. The Morgan fingerprint density at radius 1 is 1.06 bits per heavy atom. The van der Waals surface area contributed by atoms with E-state index in [1.807, 2.05) is 12.1 Å². The third kappa shape index (κ3) is 5.08. The fraction of sp³-hybridized carbons (Fsp3) is 0.259. The van der Waals surface area contributed by atoms with Gasteiger partial charge in [-0.2, -0.15) is 0 Å². The molecule has 0 saturated carbocycles. The molecular weight excluding hydrogens is 454 g/mol. The number of ether oxygens (including phenoxy) is 1. The predicted octanol–water partition coefficient (Wildman–Crippen LogP) is 4.73. The van der Waals surface area contributed by atoms with Gasteiger partial charge in [-0.05, 0) is 55.7 Å². The van der Waals surface area contributed by atoms with Gasteiger partial charge in [-0.15, -0.1) is 0 Å². The molecule has 0 aliphatic heterocycles. The number of hydrogen-bond acceptors (Lipinski definition) is 5. The van der Waals surface area contributed by atoms with Crippen LogP contribution in [-0.2, 0) is 13.0 Å². The van der Waals surface area contributed by atoms with E-state index in [-0.39, 0.29) is 24.4 Å². The van der Waals surface area contributed by atoms with Crippen molar-refractivity contribution < 1.29 is 28.5 Å². The van der Waals surface area contributed by atoms with E-state index >= 15 is 0 Å². The van der Waals surface area contributed by atoms with E-state index in [0.29, 0.717) is 34.8 Å². The first-order valence-electron chi connectivity index (χ1n) is 11.3. The molecule has 0 unspecified atom stereocenters. The maximum Gasteiger partial charge on any atom is 0.181 e. The second-order valence-corrected chi connectivity index (χ2v) is 8.41. The summed E-state index contributed by atoms with van der Waals surface area (Å²) in [7, 11) is 0. The topological polar surface area (TPSA) is 84.1 Å². The lowest BCUT2D eigenvalue weighted by atomic mass is 9.95. The van der Waals surface area contributed by atoms with Crippen LogP contribution in [0.15, 0.2) is 60.8 Å². The molecule has 4 aromatic rings. The van der Waals surface area contributed by atoms with Gasteiger partial charge in [0, 0.05) is 12.6 Å². The van der Waals surface area contributed by atoms with Crippen LogP contribution in [0.1, 0.15) is 52.3 Å². The molecule has 182 valence electrons. The third-order valence-corrected chi connectivity index (χ3v) is 5.94. The number of aliphatic hydroxyl groups excluding tert-OH is 2. The van der Waals surface area contributed by atoms with Gasteiger partial charge in [0.15, 0.2) is 17.2 Å². The highest BCUT2D eigenvalue weighted by Crippen LogP contribution is 2.26. The summed E-state index contributed by atoms with van der Waals surface area (Å²) in [5.41, 5.74) is 2.43. The number of ketones is 1. The molecule has 0 fully saturated rings. The lowest BCUT2D eigenvalue weighted by Gasteiger charge is -2.17. The van der Waals surface area contributed by atoms with E-state index in [9.17, 15) is 23.8 Å². The summed E-state index contributed by atoms with van der Waals surface area (Å²) >= 11 is 0. The lowest BCUT2D eigenvalue weighted by Crippen LogP contribution is -2.16. The van der Waals surface area contributed by atoms with Crippen molar-refractivity contribution in [2.75, 3.05) is 0 Å². The number of aryl methyl sites for hydroxylation is 2. The Morgan fingerprint density at radius 3 is 2.49 bits per heavy atom. The minimum atomic E-state index is -1.04. The number of fused-ring (bicyclic) bond motifs is 1. The molecule has 2 atom stereocenters. The van der Waals surface area contributed by atoms with Crippen molar-refractivity contribution in [1.29, 1.82) is 0 Å². The van der Waals surface area contributed by atoms with Crippen molar-refractivity contribution in [2.45, 2.75) is 45.5 Å². The molecule has 8 heteroatoms. The normalized spacial score (nSPS) is 13.1. The molecule has 2 aromatic carbocycles. The van der Waals surface area contributed by atoms with E-state index in [1.165, 1.54) is 13.0 Å². The van der Waals surface area contributed by atoms with E-state index in [1.54, 1.807) is 41.8 Å². The van der Waals surface area contributed by atoms with Gasteiger partial charge in [0.05, 0.1) is 17.4 Å². The minimum Gasteiger partial charge on any atom is -0.485 e. The van der Waals surface area contributed by atoms with E-state index < -0.39 is 23.8 Å². The molecule has 4 rings (SSSR count). The Morgan fingerprint density at radius 2 is 1.77 bits per heavy atom. The smallest absolute Gasteiger partial charge is 0.181 e. The zero-order valence-electron chi connectivity index (χ0n) is 19.4. The van der Waals surface area contributed by atoms with Crippen LogP contribution in [0.5, 0.6) is 5.75 Å². The maximum absolute atomic E-state index is 14.0. The van der Waals surface area contributed by atoms with Crippen molar-refractivity contribution in [3.8, 4) is 5.75 Å². The van der Waals surface area contributed by atoms with Crippen LogP contribution in [0.2, 0.25) is 0 Å². The summed E-state index contributed by atoms with van der Waals surface area (Å²) in [5.74, 6) is -1.27. The zero-order valence-corrected chi connectivity index (χ0v) is 19.4. The molecular formula is C27H26F2N2O4. The Kier molecular flexibility index (Phi) is 7.23. The predicted molar refractivity (Wildman–Crippen MR) is 126 cm³/mol. The van der Waals surface area contributed by atoms with Crippen LogP contribution < -0.4 is 4.74 Å². The van der Waals surface area contributed by atoms with E-state index in [4.69, 9.17) is 4.74 Å². The van der Waals surface area contributed by atoms with Crippen molar-refractivity contribution in [1.82, 2.24) is 9.38 Å². The van der Waals surface area contributed by atoms with E-state index in [0.717, 1.165) is 17.7 Å². The number of rotatable bonds is 9. The Hall–Kier alpha value is -3.62. The molecule has 2 heterocycles. The number of benzene rings is 2. The molecule has 0 radical (unpaired) electrons. The van der Waals surface area contributed by atoms with Crippen LogP contribution in [0.3, 0.4) is 0 Å². The molecule has 0 aliphatic rings. The van der Waals surface area contributed by atoms with Crippen molar-refractivity contribution >= 4 is 11.4 Å². The highest BCUT2D eigenvalue weighted by Gasteiger charge is 2.21.